The summed E-state index contributed by atoms with van der Waals surface area (Å²) >= 11 is 0. The Morgan fingerprint density at radius 1 is 1.24 bits per heavy atom. The fraction of sp³-hybridized carbons (Fsp3) is 0.167. The number of H-pyrrole nitrogens is 1. The minimum atomic E-state index is -0.727. The molecule has 0 unspecified atom stereocenters. The van der Waals surface area contributed by atoms with Crippen molar-refractivity contribution < 1.29 is 23.1 Å². The van der Waals surface area contributed by atoms with E-state index in [1.807, 2.05) is 0 Å². The van der Waals surface area contributed by atoms with Crippen LogP contribution in [0.15, 0.2) is 25.8 Å². The number of ether oxygens (including phenoxy) is 2. The van der Waals surface area contributed by atoms with Crippen molar-refractivity contribution in [3.63, 3.8) is 0 Å². The molecule has 0 saturated heterocycles. The molecule has 1 N–H and O–H groups in total. The summed E-state index contributed by atoms with van der Waals surface area (Å²) in [4.78, 5) is 26.6. The maximum Gasteiger partial charge on any atom is 0.434 e. The first-order valence-electron chi connectivity index (χ1n) is 5.75. The Balaban J connectivity index is 2.20. The molecule has 0 atom stereocenters. The van der Waals surface area contributed by atoms with Crippen molar-refractivity contribution in [2.24, 2.45) is 0 Å². The quantitative estimate of drug-likeness (QED) is 0.708. The molecule has 2 aromatic heterocycles. The number of nitrogens with zero attached hydrogens (tertiary/aromatic N) is 2. The molecule has 0 spiro atoms. The molecular formula is C12H9N3O6. The molecule has 0 fully saturated rings. The van der Waals surface area contributed by atoms with Crippen molar-refractivity contribution in [1.82, 2.24) is 15.2 Å². The van der Waals surface area contributed by atoms with Gasteiger partial charge in [0.15, 0.2) is 11.3 Å². The molecule has 1 aromatic carbocycles. The standard InChI is InChI=1S/C12H9N3O6/c1-18-7-4-5(11(16)19-2)3-6-8(7)20-9(13-6)10-14-15-12(17)21-10/h3-4H,1-2H3,(H,15,17). The average molecular weight is 291 g/mol. The van der Waals surface area contributed by atoms with Gasteiger partial charge < -0.3 is 18.3 Å². The van der Waals surface area contributed by atoms with E-state index in [9.17, 15) is 9.59 Å². The molecule has 3 aromatic rings. The number of aromatic amines is 1. The summed E-state index contributed by atoms with van der Waals surface area (Å²) in [6, 6.07) is 2.94. The van der Waals surface area contributed by atoms with Gasteiger partial charge in [-0.05, 0) is 12.1 Å². The molecule has 21 heavy (non-hydrogen) atoms. The molecule has 0 saturated carbocycles. The van der Waals surface area contributed by atoms with Crippen molar-refractivity contribution in [2.45, 2.75) is 0 Å². The summed E-state index contributed by atoms with van der Waals surface area (Å²) in [6.07, 6.45) is 0. The molecule has 0 radical (unpaired) electrons. The first-order chi connectivity index (χ1) is 10.1. The van der Waals surface area contributed by atoms with E-state index in [0.717, 1.165) is 0 Å². The molecule has 9 nitrogen and oxygen atoms in total. The highest BCUT2D eigenvalue weighted by atomic mass is 16.5. The number of carbonyl (C=O) groups is 1. The first kappa shape index (κ1) is 12.9. The first-order valence-corrected chi connectivity index (χ1v) is 5.75. The predicted octanol–water partition coefficient (Wildman–Crippen LogP) is 0.966. The predicted molar refractivity (Wildman–Crippen MR) is 68.0 cm³/mol. The number of fused-ring (bicyclic) bond motifs is 1. The van der Waals surface area contributed by atoms with Crippen LogP contribution in [0.5, 0.6) is 5.75 Å². The van der Waals surface area contributed by atoms with Gasteiger partial charge in [0.1, 0.15) is 5.52 Å². The lowest BCUT2D eigenvalue weighted by Gasteiger charge is -2.03. The zero-order chi connectivity index (χ0) is 15.0. The highest BCUT2D eigenvalue weighted by molar-refractivity contribution is 5.95. The lowest BCUT2D eigenvalue weighted by atomic mass is 10.2. The average Bonchev–Trinajstić information content (AvgIpc) is 3.10. The van der Waals surface area contributed by atoms with Crippen molar-refractivity contribution in [2.75, 3.05) is 14.2 Å². The molecule has 0 bridgehead atoms. The van der Waals surface area contributed by atoms with Crippen molar-refractivity contribution in [1.29, 1.82) is 0 Å². The van der Waals surface area contributed by atoms with Crippen molar-refractivity contribution in [3.8, 4) is 17.5 Å². The molecule has 3 rings (SSSR count). The highest BCUT2D eigenvalue weighted by Crippen LogP contribution is 2.31. The SMILES string of the molecule is COC(=O)c1cc(OC)c2oc(-c3n[nH]c(=O)o3)nc2c1. The number of rotatable bonds is 3. The minimum Gasteiger partial charge on any atom is -0.493 e. The number of benzene rings is 1. The van der Waals surface area contributed by atoms with Crippen LogP contribution in [-0.2, 0) is 4.74 Å². The number of hydrogen-bond donors (Lipinski definition) is 1. The van der Waals surface area contributed by atoms with Gasteiger partial charge in [-0.3, -0.25) is 0 Å². The van der Waals surface area contributed by atoms with Crippen molar-refractivity contribution >= 4 is 17.1 Å². The van der Waals surface area contributed by atoms with E-state index in [1.165, 1.54) is 26.4 Å². The summed E-state index contributed by atoms with van der Waals surface area (Å²) in [5.74, 6) is -1.08. The van der Waals surface area contributed by atoms with Crippen LogP contribution in [0.2, 0.25) is 0 Å². The molecule has 108 valence electrons. The summed E-state index contributed by atoms with van der Waals surface area (Å²) in [6.45, 7) is 0. The third kappa shape index (κ3) is 2.14. The van der Waals surface area contributed by atoms with Crippen molar-refractivity contribution in [3.05, 3.63) is 28.2 Å². The Morgan fingerprint density at radius 3 is 2.67 bits per heavy atom. The molecule has 0 aliphatic heterocycles. The number of nitrogens with one attached hydrogen (secondary N) is 1. The maximum atomic E-state index is 11.6. The van der Waals surface area contributed by atoms with Crippen LogP contribution < -0.4 is 10.5 Å². The van der Waals surface area contributed by atoms with Gasteiger partial charge >= 0.3 is 17.6 Å². The van der Waals surface area contributed by atoms with Crippen LogP contribution in [0, 0.1) is 0 Å². The lowest BCUT2D eigenvalue weighted by Crippen LogP contribution is -2.01. The van der Waals surface area contributed by atoms with Crippen LogP contribution in [0.4, 0.5) is 0 Å². The number of esters is 1. The van der Waals surface area contributed by atoms with E-state index in [1.54, 1.807) is 0 Å². The second-order valence-electron chi connectivity index (χ2n) is 3.96. The van der Waals surface area contributed by atoms with Crippen LogP contribution >= 0.6 is 0 Å². The van der Waals surface area contributed by atoms with Gasteiger partial charge in [-0.1, -0.05) is 0 Å². The van der Waals surface area contributed by atoms with E-state index < -0.39 is 11.7 Å². The molecule has 0 aliphatic carbocycles. The molecular weight excluding hydrogens is 282 g/mol. The smallest absolute Gasteiger partial charge is 0.434 e. The van der Waals surface area contributed by atoms with Crippen LogP contribution in [-0.4, -0.2) is 35.4 Å². The van der Waals surface area contributed by atoms with E-state index >= 15 is 0 Å². The lowest BCUT2D eigenvalue weighted by molar-refractivity contribution is 0.0600. The Morgan fingerprint density at radius 2 is 2.05 bits per heavy atom. The van der Waals surface area contributed by atoms with Crippen LogP contribution in [0.1, 0.15) is 10.4 Å². The third-order valence-corrected chi connectivity index (χ3v) is 2.72. The summed E-state index contributed by atoms with van der Waals surface area (Å²) < 4.78 is 20.0. The highest BCUT2D eigenvalue weighted by Gasteiger charge is 2.19. The molecule has 2 heterocycles. The van der Waals surface area contributed by atoms with E-state index in [-0.39, 0.29) is 17.3 Å². The van der Waals surface area contributed by atoms with Crippen LogP contribution in [0.3, 0.4) is 0 Å². The number of oxazole rings is 1. The maximum absolute atomic E-state index is 11.6. The van der Waals surface area contributed by atoms with E-state index in [2.05, 4.69) is 19.9 Å². The summed E-state index contributed by atoms with van der Waals surface area (Å²) in [5, 5.41) is 5.72. The Kier molecular flexibility index (Phi) is 2.94. The van der Waals surface area contributed by atoms with Crippen LogP contribution in [0.25, 0.3) is 22.9 Å². The van der Waals surface area contributed by atoms with Gasteiger partial charge in [0.05, 0.1) is 19.8 Å². The van der Waals surface area contributed by atoms with Gasteiger partial charge in [0, 0.05) is 0 Å². The molecule has 0 amide bonds. The number of hydrogen-bond acceptors (Lipinski definition) is 8. The molecule has 0 aliphatic rings. The van der Waals surface area contributed by atoms with Gasteiger partial charge in [-0.2, -0.15) is 0 Å². The number of aromatic nitrogens is 3. The van der Waals surface area contributed by atoms with E-state index in [4.69, 9.17) is 13.6 Å². The zero-order valence-electron chi connectivity index (χ0n) is 11.0. The number of methoxy groups -OCH3 is 2. The van der Waals surface area contributed by atoms with Gasteiger partial charge in [0.25, 0.3) is 5.89 Å². The summed E-state index contributed by atoms with van der Waals surface area (Å²) in [7, 11) is 2.69. The van der Waals surface area contributed by atoms with Gasteiger partial charge in [-0.25, -0.2) is 19.7 Å². The monoisotopic (exact) mass is 291 g/mol. The van der Waals surface area contributed by atoms with Gasteiger partial charge in [0.2, 0.25) is 0 Å². The Labute approximate surface area is 116 Å². The Hall–Kier alpha value is -3.10. The normalized spacial score (nSPS) is 10.8. The number of carbonyl (C=O) groups excluding carboxylic acids is 1. The second-order valence-corrected chi connectivity index (χ2v) is 3.96. The zero-order valence-corrected chi connectivity index (χ0v) is 11.0. The molecule has 9 heteroatoms. The largest absolute Gasteiger partial charge is 0.493 e. The third-order valence-electron chi connectivity index (χ3n) is 2.72. The second kappa shape index (κ2) is 4.78. The Bertz CT molecular complexity index is 875. The fourth-order valence-corrected chi connectivity index (χ4v) is 1.80. The summed E-state index contributed by atoms with van der Waals surface area (Å²) in [5.41, 5.74) is 0.895. The topological polar surface area (TPSA) is 120 Å². The fourth-order valence-electron chi connectivity index (χ4n) is 1.80. The van der Waals surface area contributed by atoms with E-state index in [0.29, 0.717) is 16.8 Å². The minimum absolute atomic E-state index is 0.0105. The van der Waals surface area contributed by atoms with Gasteiger partial charge in [-0.15, -0.1) is 5.10 Å².